The number of aliphatic imine (C=N–C) groups is 1. The number of hydrogen-bond acceptors (Lipinski definition) is 5. The van der Waals surface area contributed by atoms with Crippen molar-refractivity contribution in [2.24, 2.45) is 10.9 Å². The molecule has 0 amide bonds. The predicted octanol–water partition coefficient (Wildman–Crippen LogP) is 1.62. The Hall–Kier alpha value is -2.38. The lowest BCUT2D eigenvalue weighted by Crippen LogP contribution is -2.49. The van der Waals surface area contributed by atoms with Gasteiger partial charge < -0.3 is 19.3 Å². The third kappa shape index (κ3) is 3.74. The number of hydrogen-bond donors (Lipinski definition) is 1. The molecule has 0 spiro atoms. The van der Waals surface area contributed by atoms with E-state index in [0.29, 0.717) is 30.2 Å². The molecule has 0 radical (unpaired) electrons. The van der Waals surface area contributed by atoms with Crippen molar-refractivity contribution in [2.75, 3.05) is 19.6 Å². The molecular formula is C16H25N7O. The van der Waals surface area contributed by atoms with Gasteiger partial charge in [-0.2, -0.15) is 4.98 Å². The maximum atomic E-state index is 5.01. The second-order valence-electron chi connectivity index (χ2n) is 6.19. The molecule has 24 heavy (non-hydrogen) atoms. The summed E-state index contributed by atoms with van der Waals surface area (Å²) in [4.78, 5) is 15.4. The number of piperidine rings is 1. The maximum Gasteiger partial charge on any atom is 0.223 e. The molecule has 8 nitrogen and oxygen atoms in total. The van der Waals surface area contributed by atoms with Crippen LogP contribution in [0.25, 0.3) is 0 Å². The van der Waals surface area contributed by atoms with Crippen LogP contribution in [0.15, 0.2) is 28.2 Å². The molecule has 2 aromatic heterocycles. The Morgan fingerprint density at radius 2 is 2.38 bits per heavy atom. The Morgan fingerprint density at radius 3 is 3.04 bits per heavy atom. The number of aryl methyl sites for hydroxylation is 1. The van der Waals surface area contributed by atoms with Crippen molar-refractivity contribution in [3.63, 3.8) is 0 Å². The van der Waals surface area contributed by atoms with E-state index in [1.165, 1.54) is 0 Å². The van der Waals surface area contributed by atoms with Crippen LogP contribution in [0.1, 0.15) is 38.0 Å². The van der Waals surface area contributed by atoms with Gasteiger partial charge >= 0.3 is 0 Å². The van der Waals surface area contributed by atoms with Crippen LogP contribution >= 0.6 is 0 Å². The molecule has 0 aliphatic carbocycles. The van der Waals surface area contributed by atoms with E-state index in [-0.39, 0.29) is 0 Å². The van der Waals surface area contributed by atoms with Gasteiger partial charge in [0, 0.05) is 39.0 Å². The standard InChI is InChI=1S/C16H25N7O/c1-4-18-16(19-9-15-20-13(3)24-21-15)22-7-5-12(2)14(10-22)23-8-6-17-11-23/h6,8,11-12,14H,4-5,7,9-10H2,1-3H3,(H,18,19). The number of guanidine groups is 1. The van der Waals surface area contributed by atoms with Crippen LogP contribution < -0.4 is 5.32 Å². The number of imidazole rings is 1. The lowest BCUT2D eigenvalue weighted by molar-refractivity contribution is 0.189. The van der Waals surface area contributed by atoms with Gasteiger partial charge in [0.2, 0.25) is 5.89 Å². The topological polar surface area (TPSA) is 84.4 Å². The Balaban J connectivity index is 1.72. The van der Waals surface area contributed by atoms with Crippen LogP contribution in [-0.2, 0) is 6.54 Å². The van der Waals surface area contributed by atoms with Crippen molar-refractivity contribution in [3.05, 3.63) is 30.4 Å². The third-order valence-electron chi connectivity index (χ3n) is 4.40. The zero-order valence-corrected chi connectivity index (χ0v) is 14.5. The minimum Gasteiger partial charge on any atom is -0.357 e. The van der Waals surface area contributed by atoms with Gasteiger partial charge in [-0.25, -0.2) is 9.98 Å². The number of aromatic nitrogens is 4. The molecule has 130 valence electrons. The highest BCUT2D eigenvalue weighted by atomic mass is 16.5. The first-order chi connectivity index (χ1) is 11.7. The minimum absolute atomic E-state index is 0.400. The molecule has 2 aromatic rings. The summed E-state index contributed by atoms with van der Waals surface area (Å²) in [6.45, 7) is 9.31. The molecule has 1 saturated heterocycles. The van der Waals surface area contributed by atoms with E-state index in [2.05, 4.69) is 48.7 Å². The minimum atomic E-state index is 0.400. The average Bonchev–Trinajstić information content (AvgIpc) is 3.24. The molecule has 1 aliphatic heterocycles. The van der Waals surface area contributed by atoms with Gasteiger partial charge in [-0.3, -0.25) is 0 Å². The van der Waals surface area contributed by atoms with Gasteiger partial charge in [0.1, 0.15) is 6.54 Å². The number of nitrogens with zero attached hydrogens (tertiary/aromatic N) is 6. The van der Waals surface area contributed by atoms with Gasteiger partial charge in [-0.15, -0.1) is 0 Å². The van der Waals surface area contributed by atoms with Crippen molar-refractivity contribution in [1.29, 1.82) is 0 Å². The Kier molecular flexibility index (Phi) is 5.12. The van der Waals surface area contributed by atoms with Crippen LogP contribution in [0.4, 0.5) is 0 Å². The molecule has 2 unspecified atom stereocenters. The van der Waals surface area contributed by atoms with Gasteiger partial charge in [-0.1, -0.05) is 12.1 Å². The van der Waals surface area contributed by atoms with Gasteiger partial charge in [0.15, 0.2) is 11.8 Å². The highest BCUT2D eigenvalue weighted by Crippen LogP contribution is 2.27. The number of nitrogens with one attached hydrogen (secondary N) is 1. The van der Waals surface area contributed by atoms with Crippen molar-refractivity contribution < 1.29 is 4.52 Å². The zero-order chi connectivity index (χ0) is 16.9. The van der Waals surface area contributed by atoms with Crippen molar-refractivity contribution >= 4 is 5.96 Å². The van der Waals surface area contributed by atoms with E-state index in [1.54, 1.807) is 6.92 Å². The Morgan fingerprint density at radius 1 is 1.50 bits per heavy atom. The molecule has 0 saturated carbocycles. The summed E-state index contributed by atoms with van der Waals surface area (Å²) >= 11 is 0. The van der Waals surface area contributed by atoms with Crippen LogP contribution in [0.2, 0.25) is 0 Å². The van der Waals surface area contributed by atoms with E-state index in [1.807, 2.05) is 18.7 Å². The van der Waals surface area contributed by atoms with Gasteiger partial charge in [-0.05, 0) is 19.3 Å². The van der Waals surface area contributed by atoms with Crippen molar-refractivity contribution in [3.8, 4) is 0 Å². The third-order valence-corrected chi connectivity index (χ3v) is 4.40. The lowest BCUT2D eigenvalue weighted by atomic mass is 9.93. The normalized spacial score (nSPS) is 22.0. The molecule has 0 aromatic carbocycles. The number of likely N-dealkylation sites (tertiary alicyclic amines) is 1. The van der Waals surface area contributed by atoms with E-state index in [9.17, 15) is 0 Å². The summed E-state index contributed by atoms with van der Waals surface area (Å²) in [6, 6.07) is 0.400. The molecule has 8 heteroatoms. The summed E-state index contributed by atoms with van der Waals surface area (Å²) in [5.41, 5.74) is 0. The van der Waals surface area contributed by atoms with E-state index >= 15 is 0 Å². The summed E-state index contributed by atoms with van der Waals surface area (Å²) in [6.07, 6.45) is 6.89. The fourth-order valence-corrected chi connectivity index (χ4v) is 3.07. The molecule has 1 N–H and O–H groups in total. The average molecular weight is 331 g/mol. The van der Waals surface area contributed by atoms with Crippen LogP contribution in [-0.4, -0.2) is 50.2 Å². The smallest absolute Gasteiger partial charge is 0.223 e. The monoisotopic (exact) mass is 331 g/mol. The van der Waals surface area contributed by atoms with Gasteiger partial charge in [0.25, 0.3) is 0 Å². The van der Waals surface area contributed by atoms with E-state index < -0.39 is 0 Å². The fraction of sp³-hybridized carbons (Fsp3) is 0.625. The van der Waals surface area contributed by atoms with Crippen molar-refractivity contribution in [2.45, 2.75) is 39.8 Å². The second-order valence-corrected chi connectivity index (χ2v) is 6.19. The largest absolute Gasteiger partial charge is 0.357 e. The van der Waals surface area contributed by atoms with Crippen LogP contribution in [0.5, 0.6) is 0 Å². The maximum absolute atomic E-state index is 5.01. The molecule has 3 heterocycles. The summed E-state index contributed by atoms with van der Waals surface area (Å²) in [5.74, 6) is 2.69. The Bertz CT molecular complexity index is 664. The highest BCUT2D eigenvalue weighted by molar-refractivity contribution is 5.80. The molecule has 0 bridgehead atoms. The van der Waals surface area contributed by atoms with Crippen molar-refractivity contribution in [1.82, 2.24) is 29.9 Å². The molecule has 2 atom stereocenters. The molecule has 3 rings (SSSR count). The SMILES string of the molecule is CCNC(=NCc1noc(C)n1)N1CCC(C)C(n2ccnc2)C1. The summed E-state index contributed by atoms with van der Waals surface area (Å²) in [5, 5.41) is 7.28. The first kappa shape index (κ1) is 16.5. The second kappa shape index (κ2) is 7.46. The van der Waals surface area contributed by atoms with E-state index in [4.69, 9.17) is 4.52 Å². The first-order valence-corrected chi connectivity index (χ1v) is 8.47. The summed E-state index contributed by atoms with van der Waals surface area (Å²) < 4.78 is 7.21. The van der Waals surface area contributed by atoms with E-state index in [0.717, 1.165) is 32.0 Å². The van der Waals surface area contributed by atoms with Crippen LogP contribution in [0.3, 0.4) is 0 Å². The Labute approximate surface area is 142 Å². The summed E-state index contributed by atoms with van der Waals surface area (Å²) in [7, 11) is 0. The lowest BCUT2D eigenvalue weighted by Gasteiger charge is -2.39. The predicted molar refractivity (Wildman–Crippen MR) is 90.5 cm³/mol. The fourth-order valence-electron chi connectivity index (χ4n) is 3.07. The number of rotatable bonds is 4. The molecule has 1 aliphatic rings. The molecular weight excluding hydrogens is 306 g/mol. The van der Waals surface area contributed by atoms with Crippen LogP contribution in [0, 0.1) is 12.8 Å². The first-order valence-electron chi connectivity index (χ1n) is 8.47. The molecule has 1 fully saturated rings. The highest BCUT2D eigenvalue weighted by Gasteiger charge is 2.28. The van der Waals surface area contributed by atoms with Gasteiger partial charge in [0.05, 0.1) is 12.4 Å². The zero-order valence-electron chi connectivity index (χ0n) is 14.5. The quantitative estimate of drug-likeness (QED) is 0.677.